The maximum Gasteiger partial charge on any atom is 0.142 e. The molecule has 0 aliphatic carbocycles. The van der Waals surface area contributed by atoms with Gasteiger partial charge in [0.25, 0.3) is 0 Å². The van der Waals surface area contributed by atoms with Crippen LogP contribution in [0.5, 0.6) is 5.75 Å². The number of hydrogen-bond donors (Lipinski definition) is 0. The minimum absolute atomic E-state index is 0.112. The highest BCUT2D eigenvalue weighted by molar-refractivity contribution is 5.60. The van der Waals surface area contributed by atoms with Gasteiger partial charge in [0.05, 0.1) is 18.9 Å². The average molecular weight is 258 g/mol. The third kappa shape index (κ3) is 2.84. The molecule has 19 heavy (non-hydrogen) atoms. The third-order valence-electron chi connectivity index (χ3n) is 4.09. The van der Waals surface area contributed by atoms with Crippen molar-refractivity contribution in [3.63, 3.8) is 0 Å². The monoisotopic (exact) mass is 258 g/mol. The molecule has 1 saturated heterocycles. The van der Waals surface area contributed by atoms with Crippen molar-refractivity contribution in [3.05, 3.63) is 24.3 Å². The summed E-state index contributed by atoms with van der Waals surface area (Å²) in [6.07, 6.45) is 2.88. The minimum Gasteiger partial charge on any atom is -0.495 e. The number of nitriles is 1. The van der Waals surface area contributed by atoms with Gasteiger partial charge in [-0.05, 0) is 44.7 Å². The molecule has 1 unspecified atom stereocenters. The zero-order valence-electron chi connectivity index (χ0n) is 12.0. The van der Waals surface area contributed by atoms with Crippen LogP contribution in [-0.2, 0) is 0 Å². The summed E-state index contributed by atoms with van der Waals surface area (Å²) in [5.74, 6) is 1.37. The molecular weight excluding hydrogens is 236 g/mol. The molecule has 0 saturated carbocycles. The first-order valence-corrected chi connectivity index (χ1v) is 6.86. The van der Waals surface area contributed by atoms with Crippen LogP contribution < -0.4 is 9.64 Å². The summed E-state index contributed by atoms with van der Waals surface area (Å²) in [5.41, 5.74) is 1.25. The van der Waals surface area contributed by atoms with Crippen molar-refractivity contribution in [2.45, 2.75) is 38.6 Å². The SMILES string of the molecule is COc1ccccc1N1CC(CC#N)CCC1(C)C. The molecule has 3 heteroatoms. The molecule has 1 aliphatic heterocycles. The van der Waals surface area contributed by atoms with E-state index in [0.717, 1.165) is 30.8 Å². The van der Waals surface area contributed by atoms with Crippen LogP contribution in [0.15, 0.2) is 24.3 Å². The number of benzene rings is 1. The van der Waals surface area contributed by atoms with Crippen molar-refractivity contribution in [1.82, 2.24) is 0 Å². The number of hydrogen-bond acceptors (Lipinski definition) is 3. The van der Waals surface area contributed by atoms with Crippen molar-refractivity contribution in [1.29, 1.82) is 5.26 Å². The quantitative estimate of drug-likeness (QED) is 0.831. The molecule has 0 bridgehead atoms. The lowest BCUT2D eigenvalue weighted by Crippen LogP contribution is -2.50. The molecule has 1 aromatic rings. The number of rotatable bonds is 3. The van der Waals surface area contributed by atoms with Crippen molar-refractivity contribution < 1.29 is 4.74 Å². The van der Waals surface area contributed by atoms with E-state index in [2.05, 4.69) is 30.9 Å². The first-order valence-electron chi connectivity index (χ1n) is 6.86. The molecule has 1 atom stereocenters. The van der Waals surface area contributed by atoms with E-state index in [4.69, 9.17) is 10.00 Å². The Bertz CT molecular complexity index is 476. The molecular formula is C16H22N2O. The zero-order valence-corrected chi connectivity index (χ0v) is 12.0. The van der Waals surface area contributed by atoms with E-state index in [1.54, 1.807) is 7.11 Å². The van der Waals surface area contributed by atoms with Crippen LogP contribution in [0.3, 0.4) is 0 Å². The average Bonchev–Trinajstić information content (AvgIpc) is 2.41. The summed E-state index contributed by atoms with van der Waals surface area (Å²) < 4.78 is 5.48. The van der Waals surface area contributed by atoms with E-state index in [1.165, 1.54) is 0 Å². The number of ether oxygens (including phenoxy) is 1. The first kappa shape index (κ1) is 13.7. The highest BCUT2D eigenvalue weighted by Crippen LogP contribution is 2.39. The van der Waals surface area contributed by atoms with Crippen LogP contribution in [0.2, 0.25) is 0 Å². The van der Waals surface area contributed by atoms with Gasteiger partial charge in [-0.3, -0.25) is 0 Å². The van der Waals surface area contributed by atoms with Gasteiger partial charge in [0.1, 0.15) is 5.75 Å². The standard InChI is InChI=1S/C16H22N2O/c1-16(2)10-8-13(9-11-17)12-18(16)14-6-4-5-7-15(14)19-3/h4-7,13H,8-10,12H2,1-3H3. The lowest BCUT2D eigenvalue weighted by Gasteiger charge is -2.47. The molecule has 1 fully saturated rings. The van der Waals surface area contributed by atoms with Crippen molar-refractivity contribution >= 4 is 5.69 Å². The Morgan fingerprint density at radius 1 is 1.42 bits per heavy atom. The lowest BCUT2D eigenvalue weighted by atomic mass is 9.83. The van der Waals surface area contributed by atoms with Gasteiger partial charge in [0, 0.05) is 18.5 Å². The van der Waals surface area contributed by atoms with Gasteiger partial charge in [-0.1, -0.05) is 12.1 Å². The highest BCUT2D eigenvalue weighted by Gasteiger charge is 2.35. The smallest absolute Gasteiger partial charge is 0.142 e. The van der Waals surface area contributed by atoms with E-state index in [0.29, 0.717) is 12.3 Å². The van der Waals surface area contributed by atoms with Gasteiger partial charge in [-0.15, -0.1) is 0 Å². The largest absolute Gasteiger partial charge is 0.495 e. The van der Waals surface area contributed by atoms with Gasteiger partial charge in [0.2, 0.25) is 0 Å². The Labute approximate surface area is 115 Å². The Balaban J connectivity index is 2.31. The predicted octanol–water partition coefficient (Wildman–Crippen LogP) is 3.60. The van der Waals surface area contributed by atoms with Gasteiger partial charge in [-0.2, -0.15) is 5.26 Å². The Kier molecular flexibility index (Phi) is 3.99. The van der Waals surface area contributed by atoms with Crippen molar-refractivity contribution in [3.8, 4) is 11.8 Å². The fraction of sp³-hybridized carbons (Fsp3) is 0.562. The predicted molar refractivity (Wildman–Crippen MR) is 77.4 cm³/mol. The highest BCUT2D eigenvalue weighted by atomic mass is 16.5. The van der Waals surface area contributed by atoms with Crippen LogP contribution in [0, 0.1) is 17.2 Å². The number of nitrogens with zero attached hydrogens (tertiary/aromatic N) is 2. The molecule has 0 amide bonds. The number of anilines is 1. The molecule has 0 radical (unpaired) electrons. The third-order valence-corrected chi connectivity index (χ3v) is 4.09. The van der Waals surface area contributed by atoms with E-state index >= 15 is 0 Å². The summed E-state index contributed by atoms with van der Waals surface area (Å²) >= 11 is 0. The Morgan fingerprint density at radius 3 is 2.84 bits per heavy atom. The summed E-state index contributed by atoms with van der Waals surface area (Å²) in [6, 6.07) is 10.4. The number of methoxy groups -OCH3 is 1. The van der Waals surface area contributed by atoms with Gasteiger partial charge in [-0.25, -0.2) is 0 Å². The van der Waals surface area contributed by atoms with Crippen LogP contribution >= 0.6 is 0 Å². The summed E-state index contributed by atoms with van der Waals surface area (Å²) in [5, 5.41) is 8.91. The molecule has 2 rings (SSSR count). The van der Waals surface area contributed by atoms with E-state index < -0.39 is 0 Å². The number of para-hydroxylation sites is 2. The van der Waals surface area contributed by atoms with Gasteiger partial charge in [0.15, 0.2) is 0 Å². The summed E-state index contributed by atoms with van der Waals surface area (Å²) in [4.78, 5) is 2.40. The van der Waals surface area contributed by atoms with Crippen LogP contribution in [0.1, 0.15) is 33.1 Å². The molecule has 1 aliphatic rings. The molecule has 1 heterocycles. The van der Waals surface area contributed by atoms with Crippen LogP contribution in [0.25, 0.3) is 0 Å². The Hall–Kier alpha value is -1.69. The van der Waals surface area contributed by atoms with Crippen LogP contribution in [-0.4, -0.2) is 19.2 Å². The van der Waals surface area contributed by atoms with Crippen LogP contribution in [0.4, 0.5) is 5.69 Å². The molecule has 0 N–H and O–H groups in total. The molecule has 3 nitrogen and oxygen atoms in total. The van der Waals surface area contributed by atoms with Gasteiger partial charge < -0.3 is 9.64 Å². The second kappa shape index (κ2) is 5.52. The van der Waals surface area contributed by atoms with Gasteiger partial charge >= 0.3 is 0 Å². The topological polar surface area (TPSA) is 36.3 Å². The summed E-state index contributed by atoms with van der Waals surface area (Å²) in [7, 11) is 1.71. The minimum atomic E-state index is 0.112. The second-order valence-corrected chi connectivity index (χ2v) is 5.86. The Morgan fingerprint density at radius 2 is 2.16 bits per heavy atom. The van der Waals surface area contributed by atoms with E-state index in [1.807, 2.05) is 18.2 Å². The van der Waals surface area contributed by atoms with E-state index in [-0.39, 0.29) is 5.54 Å². The zero-order chi connectivity index (χ0) is 13.9. The molecule has 1 aromatic carbocycles. The number of piperidine rings is 1. The summed E-state index contributed by atoms with van der Waals surface area (Å²) in [6.45, 7) is 5.46. The lowest BCUT2D eigenvalue weighted by molar-refractivity contribution is 0.289. The second-order valence-electron chi connectivity index (χ2n) is 5.86. The fourth-order valence-electron chi connectivity index (χ4n) is 2.86. The van der Waals surface area contributed by atoms with Crippen molar-refractivity contribution in [2.24, 2.45) is 5.92 Å². The fourth-order valence-corrected chi connectivity index (χ4v) is 2.86. The van der Waals surface area contributed by atoms with E-state index in [9.17, 15) is 0 Å². The molecule has 0 aromatic heterocycles. The molecule has 0 spiro atoms. The normalized spacial score (nSPS) is 21.8. The maximum absolute atomic E-state index is 8.91. The first-order chi connectivity index (χ1) is 9.08. The maximum atomic E-state index is 8.91. The molecule has 102 valence electrons. The van der Waals surface area contributed by atoms with Crippen molar-refractivity contribution in [2.75, 3.05) is 18.6 Å².